The molecule has 4 nitrogen and oxygen atoms in total. The Labute approximate surface area is 118 Å². The van der Waals surface area contributed by atoms with Crippen molar-refractivity contribution in [3.63, 3.8) is 0 Å². The summed E-state index contributed by atoms with van der Waals surface area (Å²) in [5.74, 6) is 0.805. The zero-order valence-electron chi connectivity index (χ0n) is 11.3. The van der Waals surface area contributed by atoms with E-state index in [9.17, 15) is 4.79 Å². The van der Waals surface area contributed by atoms with Gasteiger partial charge in [0.05, 0.1) is 0 Å². The van der Waals surface area contributed by atoms with Gasteiger partial charge in [-0.25, -0.2) is 4.79 Å². The van der Waals surface area contributed by atoms with E-state index in [0.717, 1.165) is 11.3 Å². The van der Waals surface area contributed by atoms with Crippen LogP contribution in [-0.4, -0.2) is 19.3 Å². The van der Waals surface area contributed by atoms with Gasteiger partial charge in [0.15, 0.2) is 0 Å². The molecule has 20 heavy (non-hydrogen) atoms. The molecule has 0 heterocycles. The van der Waals surface area contributed by atoms with Gasteiger partial charge < -0.3 is 9.47 Å². The van der Waals surface area contributed by atoms with E-state index < -0.39 is 6.09 Å². The normalized spacial score (nSPS) is 9.85. The highest BCUT2D eigenvalue weighted by Gasteiger charge is 2.03. The summed E-state index contributed by atoms with van der Waals surface area (Å²) in [6.07, 6.45) is -0.482. The summed E-state index contributed by atoms with van der Waals surface area (Å²) in [5, 5.41) is 2.64. The van der Waals surface area contributed by atoms with Crippen molar-refractivity contribution in [2.24, 2.45) is 0 Å². The largest absolute Gasteiger partial charge is 0.490 e. The molecule has 0 unspecified atom stereocenters. The molecule has 1 N–H and O–H groups in total. The average Bonchev–Trinajstić information content (AvgIpc) is 2.46. The van der Waals surface area contributed by atoms with E-state index in [4.69, 9.17) is 9.47 Å². The Morgan fingerprint density at radius 1 is 1.00 bits per heavy atom. The van der Waals surface area contributed by atoms with E-state index >= 15 is 0 Å². The van der Waals surface area contributed by atoms with Crippen LogP contribution in [0.2, 0.25) is 0 Å². The zero-order valence-corrected chi connectivity index (χ0v) is 11.3. The van der Waals surface area contributed by atoms with Gasteiger partial charge in [-0.05, 0) is 30.7 Å². The fourth-order valence-electron chi connectivity index (χ4n) is 1.68. The van der Waals surface area contributed by atoms with Crippen molar-refractivity contribution in [2.75, 3.05) is 18.5 Å². The summed E-state index contributed by atoms with van der Waals surface area (Å²) in [4.78, 5) is 11.5. The Hall–Kier alpha value is -2.49. The van der Waals surface area contributed by atoms with Crippen LogP contribution in [0.3, 0.4) is 0 Å². The van der Waals surface area contributed by atoms with Gasteiger partial charge in [-0.2, -0.15) is 0 Å². The van der Waals surface area contributed by atoms with Gasteiger partial charge >= 0.3 is 6.09 Å². The Bertz CT molecular complexity index is 555. The first-order valence-electron chi connectivity index (χ1n) is 6.43. The monoisotopic (exact) mass is 271 g/mol. The fourth-order valence-corrected chi connectivity index (χ4v) is 1.68. The number of carbonyl (C=O) groups is 1. The lowest BCUT2D eigenvalue weighted by atomic mass is 10.2. The van der Waals surface area contributed by atoms with Gasteiger partial charge in [0.1, 0.15) is 19.0 Å². The van der Waals surface area contributed by atoms with Gasteiger partial charge in [0.2, 0.25) is 0 Å². The molecule has 0 bridgehead atoms. The molecule has 0 aliphatic carbocycles. The Balaban J connectivity index is 1.69. The molecular formula is C16H17NO3. The maximum atomic E-state index is 11.5. The highest BCUT2D eigenvalue weighted by atomic mass is 16.6. The molecule has 0 saturated heterocycles. The van der Waals surface area contributed by atoms with Crippen molar-refractivity contribution in [1.82, 2.24) is 0 Å². The third-order valence-electron chi connectivity index (χ3n) is 2.69. The van der Waals surface area contributed by atoms with Crippen molar-refractivity contribution >= 4 is 11.8 Å². The van der Waals surface area contributed by atoms with E-state index in [-0.39, 0.29) is 6.61 Å². The topological polar surface area (TPSA) is 47.6 Å². The molecule has 0 fully saturated rings. The molecule has 0 saturated carbocycles. The molecule has 0 aliphatic heterocycles. The first kappa shape index (κ1) is 13.9. The summed E-state index contributed by atoms with van der Waals surface area (Å²) in [5.41, 5.74) is 1.76. The fraction of sp³-hybridized carbons (Fsp3) is 0.188. The lowest BCUT2D eigenvalue weighted by Gasteiger charge is -2.10. The Morgan fingerprint density at radius 3 is 2.45 bits per heavy atom. The minimum Gasteiger partial charge on any atom is -0.490 e. The minimum atomic E-state index is -0.482. The number of carbonyl (C=O) groups excluding carboxylic acids is 1. The van der Waals surface area contributed by atoms with Gasteiger partial charge in [-0.3, -0.25) is 5.32 Å². The van der Waals surface area contributed by atoms with E-state index in [1.807, 2.05) is 49.4 Å². The molecule has 2 aromatic carbocycles. The van der Waals surface area contributed by atoms with Crippen LogP contribution in [0.5, 0.6) is 5.75 Å². The second-order valence-electron chi connectivity index (χ2n) is 4.24. The van der Waals surface area contributed by atoms with Crippen LogP contribution in [0.1, 0.15) is 5.56 Å². The molecule has 104 valence electrons. The summed E-state index contributed by atoms with van der Waals surface area (Å²) in [7, 11) is 0. The predicted molar refractivity (Wildman–Crippen MR) is 78.1 cm³/mol. The summed E-state index contributed by atoms with van der Waals surface area (Å²) >= 11 is 0. The number of benzene rings is 2. The lowest BCUT2D eigenvalue weighted by Crippen LogP contribution is -2.17. The van der Waals surface area contributed by atoms with Gasteiger partial charge in [-0.15, -0.1) is 0 Å². The van der Waals surface area contributed by atoms with Crippen LogP contribution in [0.25, 0.3) is 0 Å². The number of hydrogen-bond donors (Lipinski definition) is 1. The maximum Gasteiger partial charge on any atom is 0.411 e. The maximum absolute atomic E-state index is 11.5. The highest BCUT2D eigenvalue weighted by Crippen LogP contribution is 2.15. The number of amides is 1. The predicted octanol–water partition coefficient (Wildman–Crippen LogP) is 3.62. The van der Waals surface area contributed by atoms with Crippen molar-refractivity contribution in [3.8, 4) is 5.75 Å². The smallest absolute Gasteiger partial charge is 0.411 e. The van der Waals surface area contributed by atoms with E-state index in [1.165, 1.54) is 0 Å². The minimum absolute atomic E-state index is 0.201. The van der Waals surface area contributed by atoms with Crippen LogP contribution in [0.15, 0.2) is 54.6 Å². The first-order chi connectivity index (χ1) is 9.75. The van der Waals surface area contributed by atoms with E-state index in [2.05, 4.69) is 5.32 Å². The molecule has 0 atom stereocenters. The molecule has 2 rings (SSSR count). The standard InChI is InChI=1S/C16H17NO3/c1-13-7-5-6-10-15(13)19-11-12-20-16(18)17-14-8-3-2-4-9-14/h2-10H,11-12H2,1H3,(H,17,18). The lowest BCUT2D eigenvalue weighted by molar-refractivity contribution is 0.137. The number of anilines is 1. The third kappa shape index (κ3) is 4.31. The van der Waals surface area contributed by atoms with Crippen LogP contribution in [-0.2, 0) is 4.74 Å². The molecule has 1 amide bonds. The molecule has 0 aromatic heterocycles. The summed E-state index contributed by atoms with van der Waals surface area (Å²) < 4.78 is 10.6. The third-order valence-corrected chi connectivity index (χ3v) is 2.69. The molecule has 0 spiro atoms. The second-order valence-corrected chi connectivity index (χ2v) is 4.24. The second kappa shape index (κ2) is 7.19. The quantitative estimate of drug-likeness (QED) is 0.845. The van der Waals surface area contributed by atoms with Crippen LogP contribution in [0, 0.1) is 6.92 Å². The Morgan fingerprint density at radius 2 is 1.70 bits per heavy atom. The average molecular weight is 271 g/mol. The number of hydrogen-bond acceptors (Lipinski definition) is 3. The molecule has 0 radical (unpaired) electrons. The molecule has 4 heteroatoms. The van der Waals surface area contributed by atoms with Crippen molar-refractivity contribution in [1.29, 1.82) is 0 Å². The highest BCUT2D eigenvalue weighted by molar-refractivity contribution is 5.84. The number of ether oxygens (including phenoxy) is 2. The van der Waals surface area contributed by atoms with E-state index in [0.29, 0.717) is 12.3 Å². The van der Waals surface area contributed by atoms with Crippen molar-refractivity contribution < 1.29 is 14.3 Å². The molecule has 0 aliphatic rings. The van der Waals surface area contributed by atoms with Crippen LogP contribution < -0.4 is 10.1 Å². The van der Waals surface area contributed by atoms with Crippen LogP contribution >= 0.6 is 0 Å². The number of para-hydroxylation sites is 2. The van der Waals surface area contributed by atoms with E-state index in [1.54, 1.807) is 12.1 Å². The van der Waals surface area contributed by atoms with Crippen LogP contribution in [0.4, 0.5) is 10.5 Å². The Kier molecular flexibility index (Phi) is 5.00. The zero-order chi connectivity index (χ0) is 14.2. The summed E-state index contributed by atoms with van der Waals surface area (Å²) in [6, 6.07) is 16.9. The van der Waals surface area contributed by atoms with Crippen molar-refractivity contribution in [2.45, 2.75) is 6.92 Å². The first-order valence-corrected chi connectivity index (χ1v) is 6.43. The SMILES string of the molecule is Cc1ccccc1OCCOC(=O)Nc1ccccc1. The van der Waals surface area contributed by atoms with Gasteiger partial charge in [-0.1, -0.05) is 36.4 Å². The number of aryl methyl sites for hydroxylation is 1. The van der Waals surface area contributed by atoms with Crippen molar-refractivity contribution in [3.05, 3.63) is 60.2 Å². The number of nitrogens with one attached hydrogen (secondary N) is 1. The van der Waals surface area contributed by atoms with Gasteiger partial charge in [0.25, 0.3) is 0 Å². The number of rotatable bonds is 5. The van der Waals surface area contributed by atoms with Gasteiger partial charge in [0, 0.05) is 5.69 Å². The molecular weight excluding hydrogens is 254 g/mol. The summed E-state index contributed by atoms with van der Waals surface area (Å²) in [6.45, 7) is 2.50. The molecule has 2 aromatic rings.